The van der Waals surface area contributed by atoms with Crippen LogP contribution in [0.25, 0.3) is 0 Å². The summed E-state index contributed by atoms with van der Waals surface area (Å²) in [5.41, 5.74) is -0.743. The molecule has 1 aromatic rings. The lowest BCUT2D eigenvalue weighted by Gasteiger charge is -2.20. The maximum absolute atomic E-state index is 12.7. The number of alkyl halides is 3. The SMILES string of the molecule is N#Cc1ccc(C(F)(F)F)nc1N1C[C@H]2CNC[C@H]2C1. The van der Waals surface area contributed by atoms with Crippen molar-refractivity contribution in [1.29, 1.82) is 5.26 Å². The summed E-state index contributed by atoms with van der Waals surface area (Å²) in [7, 11) is 0. The average Bonchev–Trinajstić information content (AvgIpc) is 2.97. The van der Waals surface area contributed by atoms with Crippen LogP contribution in [0, 0.1) is 23.2 Å². The van der Waals surface area contributed by atoms with E-state index in [1.807, 2.05) is 11.0 Å². The minimum Gasteiger partial charge on any atom is -0.355 e. The van der Waals surface area contributed by atoms with E-state index in [-0.39, 0.29) is 11.4 Å². The molecule has 2 fully saturated rings. The van der Waals surface area contributed by atoms with Crippen LogP contribution in [0.2, 0.25) is 0 Å². The zero-order chi connectivity index (χ0) is 14.3. The van der Waals surface area contributed by atoms with Gasteiger partial charge in [-0.1, -0.05) is 0 Å². The highest BCUT2D eigenvalue weighted by Gasteiger charge is 2.39. The van der Waals surface area contributed by atoms with E-state index in [2.05, 4.69) is 10.3 Å². The molecule has 0 unspecified atom stereocenters. The first-order chi connectivity index (χ1) is 9.49. The molecule has 3 rings (SSSR count). The summed E-state index contributed by atoms with van der Waals surface area (Å²) in [6.07, 6.45) is -4.49. The summed E-state index contributed by atoms with van der Waals surface area (Å²) in [5.74, 6) is 1.02. The van der Waals surface area contributed by atoms with Crippen molar-refractivity contribution in [2.24, 2.45) is 11.8 Å². The van der Waals surface area contributed by atoms with Gasteiger partial charge in [-0.15, -0.1) is 0 Å². The largest absolute Gasteiger partial charge is 0.433 e. The van der Waals surface area contributed by atoms with Gasteiger partial charge in [-0.2, -0.15) is 18.4 Å². The van der Waals surface area contributed by atoms with E-state index in [9.17, 15) is 13.2 Å². The summed E-state index contributed by atoms with van der Waals surface area (Å²) in [6, 6.07) is 4.00. The molecule has 0 aromatic carbocycles. The Bertz CT molecular complexity index is 552. The second-order valence-corrected chi connectivity index (χ2v) is 5.26. The van der Waals surface area contributed by atoms with Crippen molar-refractivity contribution in [1.82, 2.24) is 10.3 Å². The van der Waals surface area contributed by atoms with Gasteiger partial charge >= 0.3 is 6.18 Å². The molecule has 3 heterocycles. The van der Waals surface area contributed by atoms with Gasteiger partial charge < -0.3 is 10.2 Å². The van der Waals surface area contributed by atoms with Gasteiger partial charge in [-0.05, 0) is 24.0 Å². The lowest BCUT2D eigenvalue weighted by molar-refractivity contribution is -0.141. The van der Waals surface area contributed by atoms with E-state index in [0.717, 1.165) is 19.2 Å². The van der Waals surface area contributed by atoms with E-state index < -0.39 is 11.9 Å². The van der Waals surface area contributed by atoms with Crippen molar-refractivity contribution in [2.45, 2.75) is 6.18 Å². The first-order valence-corrected chi connectivity index (χ1v) is 6.43. The Labute approximate surface area is 114 Å². The average molecular weight is 282 g/mol. The predicted molar refractivity (Wildman–Crippen MR) is 66.0 cm³/mol. The van der Waals surface area contributed by atoms with Crippen LogP contribution in [0.1, 0.15) is 11.3 Å². The molecule has 2 aliphatic heterocycles. The van der Waals surface area contributed by atoms with Gasteiger partial charge in [0, 0.05) is 26.2 Å². The molecule has 0 radical (unpaired) electrons. The van der Waals surface area contributed by atoms with Crippen molar-refractivity contribution in [3.05, 3.63) is 23.4 Å². The molecule has 0 aliphatic carbocycles. The molecule has 20 heavy (non-hydrogen) atoms. The summed E-state index contributed by atoms with van der Waals surface area (Å²) >= 11 is 0. The van der Waals surface area contributed by atoms with Crippen LogP contribution in [0.4, 0.5) is 19.0 Å². The standard InChI is InChI=1S/C13H13F3N4/c14-13(15,16)11-2-1-8(3-17)12(19-11)20-6-9-4-18-5-10(9)7-20/h1-2,9-10,18H,4-7H2/t9-,10+. The zero-order valence-electron chi connectivity index (χ0n) is 10.6. The normalized spacial score (nSPS) is 25.6. The summed E-state index contributed by atoms with van der Waals surface area (Å²) in [5, 5.41) is 12.3. The topological polar surface area (TPSA) is 52.0 Å². The smallest absolute Gasteiger partial charge is 0.355 e. The second kappa shape index (κ2) is 4.63. The number of nitriles is 1. The number of hydrogen-bond donors (Lipinski definition) is 1. The maximum Gasteiger partial charge on any atom is 0.433 e. The van der Waals surface area contributed by atoms with Gasteiger partial charge in [0.15, 0.2) is 0 Å². The molecule has 106 valence electrons. The number of pyridine rings is 1. The monoisotopic (exact) mass is 282 g/mol. The number of aromatic nitrogens is 1. The number of nitrogens with zero attached hydrogens (tertiary/aromatic N) is 3. The predicted octanol–water partition coefficient (Wildman–Crippen LogP) is 1.63. The van der Waals surface area contributed by atoms with Crippen LogP contribution in [0.3, 0.4) is 0 Å². The van der Waals surface area contributed by atoms with E-state index in [4.69, 9.17) is 5.26 Å². The highest BCUT2D eigenvalue weighted by atomic mass is 19.4. The van der Waals surface area contributed by atoms with Crippen LogP contribution in [-0.2, 0) is 6.18 Å². The Morgan fingerprint density at radius 1 is 1.25 bits per heavy atom. The van der Waals surface area contributed by atoms with E-state index in [0.29, 0.717) is 24.9 Å². The first-order valence-electron chi connectivity index (χ1n) is 6.43. The Kier molecular flexibility index (Phi) is 3.05. The third kappa shape index (κ3) is 2.20. The Balaban J connectivity index is 1.94. The fraction of sp³-hybridized carbons (Fsp3) is 0.538. The molecule has 1 aromatic heterocycles. The van der Waals surface area contributed by atoms with E-state index in [1.54, 1.807) is 0 Å². The minimum atomic E-state index is -4.49. The van der Waals surface area contributed by atoms with Crippen LogP contribution in [0.5, 0.6) is 0 Å². The summed E-state index contributed by atoms with van der Waals surface area (Å²) in [4.78, 5) is 5.49. The molecular weight excluding hydrogens is 269 g/mol. The number of hydrogen-bond acceptors (Lipinski definition) is 4. The summed E-state index contributed by atoms with van der Waals surface area (Å²) < 4.78 is 38.2. The van der Waals surface area contributed by atoms with Crippen molar-refractivity contribution in [3.8, 4) is 6.07 Å². The number of rotatable bonds is 1. The second-order valence-electron chi connectivity index (χ2n) is 5.26. The van der Waals surface area contributed by atoms with Gasteiger partial charge in [0.1, 0.15) is 17.6 Å². The Morgan fingerprint density at radius 3 is 2.45 bits per heavy atom. The lowest BCUT2D eigenvalue weighted by Crippen LogP contribution is -2.27. The van der Waals surface area contributed by atoms with Crippen LogP contribution < -0.4 is 10.2 Å². The van der Waals surface area contributed by atoms with Crippen LogP contribution >= 0.6 is 0 Å². The highest BCUT2D eigenvalue weighted by molar-refractivity contribution is 5.55. The fourth-order valence-electron chi connectivity index (χ4n) is 2.96. The minimum absolute atomic E-state index is 0.164. The van der Waals surface area contributed by atoms with Crippen molar-refractivity contribution in [2.75, 3.05) is 31.1 Å². The van der Waals surface area contributed by atoms with Crippen molar-refractivity contribution < 1.29 is 13.2 Å². The van der Waals surface area contributed by atoms with Crippen LogP contribution in [-0.4, -0.2) is 31.2 Å². The van der Waals surface area contributed by atoms with Gasteiger partial charge in [-0.3, -0.25) is 0 Å². The number of anilines is 1. The molecule has 0 spiro atoms. The number of nitrogens with one attached hydrogen (secondary N) is 1. The van der Waals surface area contributed by atoms with Gasteiger partial charge in [0.2, 0.25) is 0 Å². The quantitative estimate of drug-likeness (QED) is 0.850. The van der Waals surface area contributed by atoms with E-state index >= 15 is 0 Å². The highest BCUT2D eigenvalue weighted by Crippen LogP contribution is 2.34. The third-order valence-electron chi connectivity index (χ3n) is 3.98. The van der Waals surface area contributed by atoms with Crippen molar-refractivity contribution >= 4 is 5.82 Å². The molecule has 2 saturated heterocycles. The van der Waals surface area contributed by atoms with Gasteiger partial charge in [0.05, 0.1) is 5.56 Å². The van der Waals surface area contributed by atoms with Gasteiger partial charge in [0.25, 0.3) is 0 Å². The lowest BCUT2D eigenvalue weighted by atomic mass is 10.0. The Hall–Kier alpha value is -1.81. The molecule has 2 aliphatic rings. The maximum atomic E-state index is 12.7. The molecule has 0 saturated carbocycles. The summed E-state index contributed by atoms with van der Waals surface area (Å²) in [6.45, 7) is 3.06. The zero-order valence-corrected chi connectivity index (χ0v) is 10.6. The molecule has 1 N–H and O–H groups in total. The molecule has 2 atom stereocenters. The first kappa shape index (κ1) is 13.2. The fourth-order valence-corrected chi connectivity index (χ4v) is 2.96. The van der Waals surface area contributed by atoms with Gasteiger partial charge in [-0.25, -0.2) is 4.98 Å². The molecule has 0 bridgehead atoms. The molecular formula is C13H13F3N4. The van der Waals surface area contributed by atoms with Crippen molar-refractivity contribution in [3.63, 3.8) is 0 Å². The number of fused-ring (bicyclic) bond motifs is 1. The molecule has 7 heteroatoms. The van der Waals surface area contributed by atoms with E-state index in [1.165, 1.54) is 6.07 Å². The van der Waals surface area contributed by atoms with Crippen LogP contribution in [0.15, 0.2) is 12.1 Å². The third-order valence-corrected chi connectivity index (χ3v) is 3.98. The molecule has 4 nitrogen and oxygen atoms in total. The Morgan fingerprint density at radius 2 is 1.90 bits per heavy atom. The molecule has 0 amide bonds. The number of halogens is 3.